The molecule has 2 aliphatic rings. The smallest absolute Gasteiger partial charge is 0.307 e. The number of amides is 1. The number of carboxylic acid groups (broad SMARTS) is 1. The van der Waals surface area contributed by atoms with Crippen molar-refractivity contribution in [3.8, 4) is 0 Å². The van der Waals surface area contributed by atoms with Gasteiger partial charge in [0.1, 0.15) is 0 Å². The molecular formula is C13H22N2O3. The normalized spacial score (nSPS) is 31.2. The standard InChI is InChI=1S/C13H22N2O3/c1-4-14-5-7-15(8-6-14)11(16)9-10(12(17)18)13(9,2)3/h9-10H,4-8H2,1-3H3,(H,17,18)/t9-,10-/m1/s1. The Morgan fingerprint density at radius 3 is 2.11 bits per heavy atom. The van der Waals surface area contributed by atoms with Gasteiger partial charge in [-0.2, -0.15) is 0 Å². The SMILES string of the molecule is CCN1CCN(C(=O)[C@H]2[C@H](C(=O)O)C2(C)C)CC1. The third-order valence-corrected chi connectivity index (χ3v) is 4.49. The summed E-state index contributed by atoms with van der Waals surface area (Å²) in [6, 6.07) is 0. The van der Waals surface area contributed by atoms with Crippen LogP contribution in [-0.4, -0.2) is 59.5 Å². The number of piperazine rings is 1. The van der Waals surface area contributed by atoms with Crippen LogP contribution in [0.5, 0.6) is 0 Å². The monoisotopic (exact) mass is 254 g/mol. The van der Waals surface area contributed by atoms with E-state index < -0.39 is 11.9 Å². The first-order chi connectivity index (χ1) is 8.39. The zero-order chi connectivity index (χ0) is 13.5. The highest BCUT2D eigenvalue weighted by Gasteiger charge is 2.66. The largest absolute Gasteiger partial charge is 0.481 e. The van der Waals surface area contributed by atoms with Gasteiger partial charge in [0.05, 0.1) is 11.8 Å². The fraction of sp³-hybridized carbons (Fsp3) is 0.846. The first-order valence-electron chi connectivity index (χ1n) is 6.63. The Hall–Kier alpha value is -1.10. The van der Waals surface area contributed by atoms with Gasteiger partial charge in [-0.1, -0.05) is 20.8 Å². The average Bonchev–Trinajstić information content (AvgIpc) is 2.92. The van der Waals surface area contributed by atoms with Crippen molar-refractivity contribution in [1.82, 2.24) is 9.80 Å². The molecule has 102 valence electrons. The molecule has 5 heteroatoms. The summed E-state index contributed by atoms with van der Waals surface area (Å²) >= 11 is 0. The van der Waals surface area contributed by atoms with E-state index in [1.807, 2.05) is 18.7 Å². The average molecular weight is 254 g/mol. The summed E-state index contributed by atoms with van der Waals surface area (Å²) in [5.41, 5.74) is -0.384. The van der Waals surface area contributed by atoms with E-state index in [0.717, 1.165) is 32.7 Å². The number of hydrogen-bond acceptors (Lipinski definition) is 3. The van der Waals surface area contributed by atoms with Crippen LogP contribution in [0.1, 0.15) is 20.8 Å². The molecule has 0 spiro atoms. The number of hydrogen-bond donors (Lipinski definition) is 1. The van der Waals surface area contributed by atoms with E-state index in [1.54, 1.807) is 0 Å². The quantitative estimate of drug-likeness (QED) is 0.797. The minimum Gasteiger partial charge on any atom is -0.481 e. The Bertz CT molecular complexity index is 359. The Morgan fingerprint density at radius 2 is 1.72 bits per heavy atom. The second-order valence-corrected chi connectivity index (χ2v) is 5.87. The minimum absolute atomic E-state index is 0.0307. The number of likely N-dealkylation sites (N-methyl/N-ethyl adjacent to an activating group) is 1. The predicted octanol–water partition coefficient (Wildman–Crippen LogP) is 0.507. The van der Waals surface area contributed by atoms with Crippen molar-refractivity contribution >= 4 is 11.9 Å². The molecule has 2 fully saturated rings. The van der Waals surface area contributed by atoms with Crippen LogP contribution < -0.4 is 0 Å². The molecule has 0 unspecified atom stereocenters. The van der Waals surface area contributed by atoms with Gasteiger partial charge in [-0.05, 0) is 12.0 Å². The van der Waals surface area contributed by atoms with Gasteiger partial charge in [0.15, 0.2) is 0 Å². The summed E-state index contributed by atoms with van der Waals surface area (Å²) in [6.07, 6.45) is 0. The Labute approximate surface area is 108 Å². The molecule has 0 aromatic heterocycles. The second-order valence-electron chi connectivity index (χ2n) is 5.87. The van der Waals surface area contributed by atoms with E-state index in [4.69, 9.17) is 5.11 Å². The van der Waals surface area contributed by atoms with Crippen molar-refractivity contribution in [2.24, 2.45) is 17.3 Å². The first kappa shape index (κ1) is 13.3. The third kappa shape index (κ3) is 2.11. The molecule has 1 amide bonds. The van der Waals surface area contributed by atoms with Gasteiger partial charge in [0.25, 0.3) is 0 Å². The van der Waals surface area contributed by atoms with Gasteiger partial charge in [-0.3, -0.25) is 9.59 Å². The van der Waals surface area contributed by atoms with E-state index >= 15 is 0 Å². The summed E-state index contributed by atoms with van der Waals surface area (Å²) < 4.78 is 0. The van der Waals surface area contributed by atoms with Crippen molar-refractivity contribution in [2.75, 3.05) is 32.7 Å². The number of nitrogens with zero attached hydrogens (tertiary/aromatic N) is 2. The molecule has 2 atom stereocenters. The molecule has 1 heterocycles. The van der Waals surface area contributed by atoms with Gasteiger partial charge in [-0.15, -0.1) is 0 Å². The minimum atomic E-state index is -0.842. The third-order valence-electron chi connectivity index (χ3n) is 4.49. The topological polar surface area (TPSA) is 60.9 Å². The lowest BCUT2D eigenvalue weighted by molar-refractivity contribution is -0.142. The van der Waals surface area contributed by atoms with Crippen molar-refractivity contribution in [1.29, 1.82) is 0 Å². The van der Waals surface area contributed by atoms with Gasteiger partial charge in [0.2, 0.25) is 5.91 Å². The highest BCUT2D eigenvalue weighted by molar-refractivity contribution is 5.91. The van der Waals surface area contributed by atoms with Crippen LogP contribution in [0.2, 0.25) is 0 Å². The van der Waals surface area contributed by atoms with E-state index in [9.17, 15) is 9.59 Å². The molecule has 0 bridgehead atoms. The highest BCUT2D eigenvalue weighted by atomic mass is 16.4. The molecule has 1 aliphatic carbocycles. The van der Waals surface area contributed by atoms with E-state index in [0.29, 0.717) is 0 Å². The Balaban J connectivity index is 1.96. The molecule has 1 aliphatic heterocycles. The second kappa shape index (κ2) is 4.53. The highest BCUT2D eigenvalue weighted by Crippen LogP contribution is 2.59. The van der Waals surface area contributed by atoms with Crippen LogP contribution in [0.25, 0.3) is 0 Å². The number of carbonyl (C=O) groups excluding carboxylic acids is 1. The fourth-order valence-electron chi connectivity index (χ4n) is 3.04. The molecule has 2 rings (SSSR count). The van der Waals surface area contributed by atoms with Crippen LogP contribution >= 0.6 is 0 Å². The molecule has 18 heavy (non-hydrogen) atoms. The van der Waals surface area contributed by atoms with Crippen LogP contribution in [0, 0.1) is 17.3 Å². The molecule has 0 radical (unpaired) electrons. The molecule has 1 saturated heterocycles. The van der Waals surface area contributed by atoms with Crippen LogP contribution in [0.4, 0.5) is 0 Å². The van der Waals surface area contributed by atoms with Crippen LogP contribution in [0.15, 0.2) is 0 Å². The summed E-state index contributed by atoms with van der Waals surface area (Å²) in [7, 11) is 0. The molecule has 0 aromatic rings. The maximum atomic E-state index is 12.3. The van der Waals surface area contributed by atoms with Gasteiger partial charge >= 0.3 is 5.97 Å². The van der Waals surface area contributed by atoms with Crippen LogP contribution in [0.3, 0.4) is 0 Å². The summed E-state index contributed by atoms with van der Waals surface area (Å²) in [4.78, 5) is 27.6. The zero-order valence-corrected chi connectivity index (χ0v) is 11.3. The molecular weight excluding hydrogens is 232 g/mol. The van der Waals surface area contributed by atoms with Gasteiger partial charge in [0, 0.05) is 26.2 Å². The zero-order valence-electron chi connectivity index (χ0n) is 11.3. The number of aliphatic carboxylic acids is 1. The van der Waals surface area contributed by atoms with E-state index in [-0.39, 0.29) is 17.2 Å². The van der Waals surface area contributed by atoms with Crippen molar-refractivity contribution in [3.05, 3.63) is 0 Å². The van der Waals surface area contributed by atoms with Crippen molar-refractivity contribution in [3.63, 3.8) is 0 Å². The molecule has 0 aromatic carbocycles. The lowest BCUT2D eigenvalue weighted by Gasteiger charge is -2.34. The number of rotatable bonds is 3. The fourth-order valence-corrected chi connectivity index (χ4v) is 3.04. The van der Waals surface area contributed by atoms with E-state index in [1.165, 1.54) is 0 Å². The maximum Gasteiger partial charge on any atom is 0.307 e. The summed E-state index contributed by atoms with van der Waals surface area (Å²) in [5, 5.41) is 9.11. The number of carboxylic acids is 1. The summed E-state index contributed by atoms with van der Waals surface area (Å²) in [5.74, 6) is -1.65. The first-order valence-corrected chi connectivity index (χ1v) is 6.63. The Morgan fingerprint density at radius 1 is 1.17 bits per heavy atom. The van der Waals surface area contributed by atoms with Gasteiger partial charge in [-0.25, -0.2) is 0 Å². The van der Waals surface area contributed by atoms with Gasteiger partial charge < -0.3 is 14.9 Å². The lowest BCUT2D eigenvalue weighted by Crippen LogP contribution is -2.49. The predicted molar refractivity (Wildman–Crippen MR) is 67.1 cm³/mol. The Kier molecular flexibility index (Phi) is 3.36. The molecule has 5 nitrogen and oxygen atoms in total. The summed E-state index contributed by atoms with van der Waals surface area (Å²) in [6.45, 7) is 10.1. The lowest BCUT2D eigenvalue weighted by atomic mass is 10.1. The van der Waals surface area contributed by atoms with Crippen molar-refractivity contribution in [2.45, 2.75) is 20.8 Å². The molecule has 1 N–H and O–H groups in total. The van der Waals surface area contributed by atoms with Crippen molar-refractivity contribution < 1.29 is 14.7 Å². The maximum absolute atomic E-state index is 12.3. The van der Waals surface area contributed by atoms with Crippen LogP contribution in [-0.2, 0) is 9.59 Å². The van der Waals surface area contributed by atoms with E-state index in [2.05, 4.69) is 11.8 Å². The molecule has 1 saturated carbocycles. The number of carbonyl (C=O) groups is 2.